The number of fused-ring (bicyclic) bond motifs is 1. The van der Waals surface area contributed by atoms with Crippen molar-refractivity contribution in [3.05, 3.63) is 86.9 Å². The van der Waals surface area contributed by atoms with Gasteiger partial charge in [-0.05, 0) is 42.5 Å². The third-order valence-corrected chi connectivity index (χ3v) is 6.02. The van der Waals surface area contributed by atoms with Gasteiger partial charge in [-0.3, -0.25) is 5.43 Å². The molecule has 0 bridgehead atoms. The first kappa shape index (κ1) is 21.8. The van der Waals surface area contributed by atoms with Gasteiger partial charge in [-0.15, -0.1) is 0 Å². The molecule has 0 amide bonds. The number of para-hydroxylation sites is 1. The lowest BCUT2D eigenvalue weighted by atomic mass is 10.1. The molecule has 1 aromatic heterocycles. The monoisotopic (exact) mass is 542 g/mol. The molecule has 5 rings (SSSR count). The highest BCUT2D eigenvalue weighted by atomic mass is 79.9. The average molecular weight is 544 g/mol. The zero-order valence-electron chi connectivity index (χ0n) is 17.1. The largest absolute Gasteiger partial charge is 0.486 e. The molecule has 0 spiro atoms. The molecule has 0 saturated heterocycles. The summed E-state index contributed by atoms with van der Waals surface area (Å²) in [5.74, 6) is 1.42. The minimum atomic E-state index is 0.457. The number of halogens is 3. The number of aromatic nitrogens is 2. The number of ether oxygens (including phenoxy) is 2. The fourth-order valence-electron chi connectivity index (χ4n) is 3.43. The summed E-state index contributed by atoms with van der Waals surface area (Å²) < 4.78 is 14.0. The second-order valence-electron chi connectivity index (χ2n) is 7.19. The SMILES string of the molecule is Clc1cc(Br)cc(Cl)c1NN=Cc1cn(-c2ccccc2)nc1-c1ccc2c(c1)OCCO2. The number of hydrogen-bond acceptors (Lipinski definition) is 5. The van der Waals surface area contributed by atoms with Crippen molar-refractivity contribution in [3.8, 4) is 28.4 Å². The Hall–Kier alpha value is -3.00. The van der Waals surface area contributed by atoms with Crippen LogP contribution in [0.5, 0.6) is 11.5 Å². The van der Waals surface area contributed by atoms with Crippen LogP contribution in [0.25, 0.3) is 16.9 Å². The van der Waals surface area contributed by atoms with Crippen LogP contribution in [-0.2, 0) is 0 Å². The summed E-state index contributed by atoms with van der Waals surface area (Å²) in [5.41, 5.74) is 6.82. The van der Waals surface area contributed by atoms with E-state index in [1.54, 1.807) is 18.3 Å². The summed E-state index contributed by atoms with van der Waals surface area (Å²) in [6.07, 6.45) is 3.60. The van der Waals surface area contributed by atoms with Gasteiger partial charge < -0.3 is 9.47 Å². The molecule has 9 heteroatoms. The van der Waals surface area contributed by atoms with Gasteiger partial charge in [-0.1, -0.05) is 57.3 Å². The van der Waals surface area contributed by atoms with Gasteiger partial charge in [0.1, 0.15) is 18.9 Å². The summed E-state index contributed by atoms with van der Waals surface area (Å²) >= 11 is 16.0. The molecule has 4 aromatic rings. The first-order valence-electron chi connectivity index (χ1n) is 10.1. The Kier molecular flexibility index (Phi) is 6.26. The van der Waals surface area contributed by atoms with Gasteiger partial charge in [0.25, 0.3) is 0 Å². The Labute approximate surface area is 208 Å². The van der Waals surface area contributed by atoms with Crippen molar-refractivity contribution in [2.24, 2.45) is 5.10 Å². The molecule has 0 radical (unpaired) electrons. The zero-order chi connectivity index (χ0) is 22.8. The van der Waals surface area contributed by atoms with E-state index < -0.39 is 0 Å². The van der Waals surface area contributed by atoms with Crippen molar-refractivity contribution in [3.63, 3.8) is 0 Å². The summed E-state index contributed by atoms with van der Waals surface area (Å²) in [7, 11) is 0. The highest BCUT2D eigenvalue weighted by molar-refractivity contribution is 9.10. The van der Waals surface area contributed by atoms with Crippen LogP contribution >= 0.6 is 39.1 Å². The van der Waals surface area contributed by atoms with E-state index in [-0.39, 0.29) is 0 Å². The molecule has 3 aromatic carbocycles. The highest BCUT2D eigenvalue weighted by Crippen LogP contribution is 2.36. The second-order valence-corrected chi connectivity index (χ2v) is 8.92. The molecule has 166 valence electrons. The number of anilines is 1. The second kappa shape index (κ2) is 9.47. The van der Waals surface area contributed by atoms with Crippen molar-refractivity contribution < 1.29 is 9.47 Å². The van der Waals surface area contributed by atoms with Gasteiger partial charge in [0.05, 0.1) is 27.6 Å². The number of hydrogen-bond donors (Lipinski definition) is 1. The lowest BCUT2D eigenvalue weighted by molar-refractivity contribution is 0.171. The first-order chi connectivity index (χ1) is 16.1. The smallest absolute Gasteiger partial charge is 0.162 e. The predicted molar refractivity (Wildman–Crippen MR) is 135 cm³/mol. The standard InChI is InChI=1S/C24H17BrCl2N4O2/c25-17-11-19(26)24(20(27)12-17)29-28-13-16-14-31(18-4-2-1-3-5-18)30-23(16)15-6-7-21-22(10-15)33-9-8-32-21/h1-7,10-14,29H,8-9H2. The Bertz CT molecular complexity index is 1320. The molecular formula is C24H17BrCl2N4O2. The number of benzene rings is 3. The van der Waals surface area contributed by atoms with E-state index in [0.717, 1.165) is 32.7 Å². The Morgan fingerprint density at radius 3 is 2.45 bits per heavy atom. The molecule has 0 aliphatic carbocycles. The van der Waals surface area contributed by atoms with E-state index in [1.807, 2.05) is 59.4 Å². The molecular weight excluding hydrogens is 527 g/mol. The van der Waals surface area contributed by atoms with Crippen LogP contribution in [0.15, 0.2) is 76.4 Å². The normalized spacial score (nSPS) is 12.8. The van der Waals surface area contributed by atoms with E-state index in [9.17, 15) is 0 Å². The summed E-state index contributed by atoms with van der Waals surface area (Å²) in [5, 5.41) is 10.1. The molecule has 1 aliphatic heterocycles. The number of rotatable bonds is 5. The molecule has 0 saturated carbocycles. The third kappa shape index (κ3) is 4.71. The van der Waals surface area contributed by atoms with Crippen LogP contribution < -0.4 is 14.9 Å². The van der Waals surface area contributed by atoms with Gasteiger partial charge >= 0.3 is 0 Å². The molecule has 1 aliphatic rings. The molecule has 0 atom stereocenters. The van der Waals surface area contributed by atoms with E-state index in [0.29, 0.717) is 34.7 Å². The Balaban J connectivity index is 1.52. The van der Waals surface area contributed by atoms with Gasteiger partial charge in [0.2, 0.25) is 0 Å². The summed E-state index contributed by atoms with van der Waals surface area (Å²) in [4.78, 5) is 0. The first-order valence-corrected chi connectivity index (χ1v) is 11.6. The molecule has 6 nitrogen and oxygen atoms in total. The lowest BCUT2D eigenvalue weighted by Gasteiger charge is -2.18. The Morgan fingerprint density at radius 1 is 0.970 bits per heavy atom. The van der Waals surface area contributed by atoms with Crippen molar-refractivity contribution >= 4 is 51.0 Å². The topological polar surface area (TPSA) is 60.7 Å². The van der Waals surface area contributed by atoms with Crippen LogP contribution in [0.4, 0.5) is 5.69 Å². The maximum atomic E-state index is 6.30. The van der Waals surface area contributed by atoms with Gasteiger partial charge in [0.15, 0.2) is 11.5 Å². The van der Waals surface area contributed by atoms with Crippen LogP contribution in [-0.4, -0.2) is 29.2 Å². The van der Waals surface area contributed by atoms with E-state index >= 15 is 0 Å². The Morgan fingerprint density at radius 2 is 1.70 bits per heavy atom. The van der Waals surface area contributed by atoms with Crippen LogP contribution in [0, 0.1) is 0 Å². The van der Waals surface area contributed by atoms with Crippen molar-refractivity contribution in [2.75, 3.05) is 18.6 Å². The van der Waals surface area contributed by atoms with E-state index in [2.05, 4.69) is 26.5 Å². The fraction of sp³-hybridized carbons (Fsp3) is 0.0833. The predicted octanol–water partition coefficient (Wildman–Crippen LogP) is 6.83. The van der Waals surface area contributed by atoms with Crippen LogP contribution in [0.1, 0.15) is 5.56 Å². The van der Waals surface area contributed by atoms with Crippen molar-refractivity contribution in [1.82, 2.24) is 9.78 Å². The van der Waals surface area contributed by atoms with E-state index in [1.165, 1.54) is 0 Å². The highest BCUT2D eigenvalue weighted by Gasteiger charge is 2.17. The molecule has 1 N–H and O–H groups in total. The minimum absolute atomic E-state index is 0.457. The quantitative estimate of drug-likeness (QED) is 0.221. The van der Waals surface area contributed by atoms with Crippen molar-refractivity contribution in [2.45, 2.75) is 0 Å². The van der Waals surface area contributed by atoms with Crippen molar-refractivity contribution in [1.29, 1.82) is 0 Å². The minimum Gasteiger partial charge on any atom is -0.486 e. The van der Waals surface area contributed by atoms with Gasteiger partial charge in [0, 0.05) is 21.8 Å². The summed E-state index contributed by atoms with van der Waals surface area (Å²) in [6.45, 7) is 1.06. The zero-order valence-corrected chi connectivity index (χ0v) is 20.2. The maximum absolute atomic E-state index is 6.30. The molecule has 0 fully saturated rings. The number of hydrazone groups is 1. The molecule has 33 heavy (non-hydrogen) atoms. The van der Waals surface area contributed by atoms with Gasteiger partial charge in [-0.2, -0.15) is 10.2 Å². The number of nitrogens with zero attached hydrogens (tertiary/aromatic N) is 3. The average Bonchev–Trinajstić information content (AvgIpc) is 3.25. The summed E-state index contributed by atoms with van der Waals surface area (Å²) in [6, 6.07) is 19.2. The fourth-order valence-corrected chi connectivity index (χ4v) is 4.72. The lowest BCUT2D eigenvalue weighted by Crippen LogP contribution is -2.15. The van der Waals surface area contributed by atoms with Crippen LogP contribution in [0.3, 0.4) is 0 Å². The number of nitrogens with one attached hydrogen (secondary N) is 1. The molecule has 0 unspecified atom stereocenters. The van der Waals surface area contributed by atoms with Crippen LogP contribution in [0.2, 0.25) is 10.0 Å². The molecule has 2 heterocycles. The van der Waals surface area contributed by atoms with Gasteiger partial charge in [-0.25, -0.2) is 4.68 Å². The maximum Gasteiger partial charge on any atom is 0.162 e. The third-order valence-electron chi connectivity index (χ3n) is 4.97. The van der Waals surface area contributed by atoms with E-state index in [4.69, 9.17) is 37.8 Å².